The van der Waals surface area contributed by atoms with Gasteiger partial charge in [0, 0.05) is 5.69 Å². The van der Waals surface area contributed by atoms with Crippen molar-refractivity contribution in [1.29, 1.82) is 0 Å². The number of methoxy groups -OCH3 is 1. The highest BCUT2D eigenvalue weighted by molar-refractivity contribution is 6.29. The van der Waals surface area contributed by atoms with Crippen LogP contribution in [0.1, 0.15) is 24.4 Å². The molecule has 2 rings (SSSR count). The molecule has 0 bridgehead atoms. The smallest absolute Gasteiger partial charge is 0.323 e. The molecule has 0 saturated carbocycles. The van der Waals surface area contributed by atoms with Gasteiger partial charge in [0.25, 0.3) is 0 Å². The van der Waals surface area contributed by atoms with Crippen molar-refractivity contribution >= 4 is 17.6 Å². The number of carbonyl (C=O) groups is 1. The first-order valence-electron chi connectivity index (χ1n) is 5.92. The molecule has 1 saturated heterocycles. The van der Waals surface area contributed by atoms with Crippen LogP contribution < -0.4 is 0 Å². The predicted molar refractivity (Wildman–Crippen MR) is 67.2 cm³/mol. The van der Waals surface area contributed by atoms with E-state index in [9.17, 15) is 4.79 Å². The van der Waals surface area contributed by atoms with E-state index in [0.717, 1.165) is 25.1 Å². The number of ether oxygens (including phenoxy) is 1. The Bertz CT molecular complexity index is 433. The molecule has 1 unspecified atom stereocenters. The van der Waals surface area contributed by atoms with Gasteiger partial charge >= 0.3 is 5.97 Å². The van der Waals surface area contributed by atoms with Crippen LogP contribution in [0.15, 0.2) is 6.07 Å². The first-order chi connectivity index (χ1) is 8.60. The third-order valence-corrected chi connectivity index (χ3v) is 3.24. The van der Waals surface area contributed by atoms with Crippen molar-refractivity contribution in [2.45, 2.75) is 32.4 Å². The lowest BCUT2D eigenvalue weighted by Crippen LogP contribution is -2.36. The highest BCUT2D eigenvalue weighted by Gasteiger charge is 2.31. The maximum atomic E-state index is 11.6. The van der Waals surface area contributed by atoms with E-state index in [-0.39, 0.29) is 12.0 Å². The minimum Gasteiger partial charge on any atom is -0.468 e. The second-order valence-electron chi connectivity index (χ2n) is 4.40. The Morgan fingerprint density at radius 1 is 1.61 bits per heavy atom. The Morgan fingerprint density at radius 2 is 2.39 bits per heavy atom. The summed E-state index contributed by atoms with van der Waals surface area (Å²) in [5, 5.41) is 0.436. The molecule has 1 aromatic rings. The fourth-order valence-electron chi connectivity index (χ4n) is 2.26. The lowest BCUT2D eigenvalue weighted by molar-refractivity contribution is -0.146. The number of carbonyl (C=O) groups excluding carboxylic acids is 1. The van der Waals surface area contributed by atoms with Crippen LogP contribution in [0.4, 0.5) is 0 Å². The van der Waals surface area contributed by atoms with Gasteiger partial charge in [0.15, 0.2) is 0 Å². The molecule has 0 amide bonds. The zero-order valence-corrected chi connectivity index (χ0v) is 11.3. The molecule has 1 aromatic heterocycles. The number of halogens is 1. The van der Waals surface area contributed by atoms with Gasteiger partial charge in [0.05, 0.1) is 13.7 Å². The first-order valence-corrected chi connectivity index (χ1v) is 6.30. The normalized spacial score (nSPS) is 20.1. The summed E-state index contributed by atoms with van der Waals surface area (Å²) >= 11 is 5.90. The number of nitrogens with zero attached hydrogens (tertiary/aromatic N) is 3. The molecule has 1 fully saturated rings. The fraction of sp³-hybridized carbons (Fsp3) is 0.583. The van der Waals surface area contributed by atoms with Crippen molar-refractivity contribution in [1.82, 2.24) is 14.9 Å². The zero-order valence-electron chi connectivity index (χ0n) is 10.5. The van der Waals surface area contributed by atoms with Crippen LogP contribution in [0, 0.1) is 6.92 Å². The second kappa shape index (κ2) is 5.63. The van der Waals surface area contributed by atoms with Crippen molar-refractivity contribution in [3.8, 4) is 0 Å². The SMILES string of the molecule is COC(=O)C1CCCN1Cc1nc(C)cc(Cl)n1. The van der Waals surface area contributed by atoms with Crippen LogP contribution in [-0.2, 0) is 16.1 Å². The lowest BCUT2D eigenvalue weighted by Gasteiger charge is -2.21. The average Bonchev–Trinajstić information content (AvgIpc) is 2.74. The molecule has 18 heavy (non-hydrogen) atoms. The van der Waals surface area contributed by atoms with E-state index in [0.29, 0.717) is 17.5 Å². The molecule has 0 spiro atoms. The molecule has 0 radical (unpaired) electrons. The standard InChI is InChI=1S/C12H16ClN3O2/c1-8-6-10(13)15-11(14-8)7-16-5-3-4-9(16)12(17)18-2/h6,9H,3-5,7H2,1-2H3. The lowest BCUT2D eigenvalue weighted by atomic mass is 10.2. The van der Waals surface area contributed by atoms with Crippen LogP contribution in [0.5, 0.6) is 0 Å². The topological polar surface area (TPSA) is 55.3 Å². The van der Waals surface area contributed by atoms with Crippen molar-refractivity contribution in [2.24, 2.45) is 0 Å². The average molecular weight is 270 g/mol. The number of hydrogen-bond donors (Lipinski definition) is 0. The summed E-state index contributed by atoms with van der Waals surface area (Å²) in [4.78, 5) is 22.2. The van der Waals surface area contributed by atoms with Gasteiger partial charge in [-0.3, -0.25) is 9.69 Å². The van der Waals surface area contributed by atoms with E-state index in [1.165, 1.54) is 7.11 Å². The molecule has 98 valence electrons. The van der Waals surface area contributed by atoms with Crippen molar-refractivity contribution in [2.75, 3.05) is 13.7 Å². The maximum absolute atomic E-state index is 11.6. The number of esters is 1. The Hall–Kier alpha value is -1.20. The molecule has 1 aliphatic heterocycles. The van der Waals surface area contributed by atoms with Crippen LogP contribution in [-0.4, -0.2) is 40.5 Å². The van der Waals surface area contributed by atoms with Crippen LogP contribution >= 0.6 is 11.6 Å². The summed E-state index contributed by atoms with van der Waals surface area (Å²) in [5.74, 6) is 0.460. The van der Waals surface area contributed by atoms with E-state index in [1.54, 1.807) is 6.07 Å². The quantitative estimate of drug-likeness (QED) is 0.616. The van der Waals surface area contributed by atoms with Crippen molar-refractivity contribution < 1.29 is 9.53 Å². The maximum Gasteiger partial charge on any atom is 0.323 e. The van der Waals surface area contributed by atoms with E-state index in [2.05, 4.69) is 9.97 Å². The largest absolute Gasteiger partial charge is 0.468 e. The number of aryl methyl sites for hydroxylation is 1. The highest BCUT2D eigenvalue weighted by Crippen LogP contribution is 2.20. The zero-order chi connectivity index (χ0) is 13.1. The Kier molecular flexibility index (Phi) is 4.14. The third kappa shape index (κ3) is 2.97. The van der Waals surface area contributed by atoms with E-state index in [1.807, 2.05) is 11.8 Å². The number of hydrogen-bond acceptors (Lipinski definition) is 5. The van der Waals surface area contributed by atoms with Gasteiger partial charge < -0.3 is 4.74 Å². The highest BCUT2D eigenvalue weighted by atomic mass is 35.5. The van der Waals surface area contributed by atoms with Gasteiger partial charge in [-0.25, -0.2) is 9.97 Å². The molecule has 0 aromatic carbocycles. The first kappa shape index (κ1) is 13.2. The summed E-state index contributed by atoms with van der Waals surface area (Å²) in [6.07, 6.45) is 1.81. The predicted octanol–water partition coefficient (Wildman–Crippen LogP) is 1.58. The van der Waals surface area contributed by atoms with E-state index < -0.39 is 0 Å². The van der Waals surface area contributed by atoms with Gasteiger partial charge in [-0.2, -0.15) is 0 Å². The summed E-state index contributed by atoms with van der Waals surface area (Å²) in [7, 11) is 1.42. The summed E-state index contributed by atoms with van der Waals surface area (Å²) in [6, 6.07) is 1.53. The Morgan fingerprint density at radius 3 is 3.06 bits per heavy atom. The molecule has 1 atom stereocenters. The van der Waals surface area contributed by atoms with Gasteiger partial charge in [-0.15, -0.1) is 0 Å². The molecular weight excluding hydrogens is 254 g/mol. The monoisotopic (exact) mass is 269 g/mol. The Balaban J connectivity index is 2.10. The molecule has 0 aliphatic carbocycles. The fourth-order valence-corrected chi connectivity index (χ4v) is 2.51. The van der Waals surface area contributed by atoms with Crippen molar-refractivity contribution in [3.63, 3.8) is 0 Å². The summed E-state index contributed by atoms with van der Waals surface area (Å²) < 4.78 is 4.80. The number of aromatic nitrogens is 2. The van der Waals surface area contributed by atoms with Crippen molar-refractivity contribution in [3.05, 3.63) is 22.7 Å². The van der Waals surface area contributed by atoms with Gasteiger partial charge in [0.2, 0.25) is 0 Å². The van der Waals surface area contributed by atoms with Gasteiger partial charge in [-0.05, 0) is 32.4 Å². The molecule has 0 N–H and O–H groups in total. The van der Waals surface area contributed by atoms with E-state index in [4.69, 9.17) is 16.3 Å². The van der Waals surface area contributed by atoms with Crippen LogP contribution in [0.2, 0.25) is 5.15 Å². The summed E-state index contributed by atoms with van der Waals surface area (Å²) in [5.41, 5.74) is 0.832. The summed E-state index contributed by atoms with van der Waals surface area (Å²) in [6.45, 7) is 3.26. The number of rotatable bonds is 3. The second-order valence-corrected chi connectivity index (χ2v) is 4.79. The minimum atomic E-state index is -0.189. The van der Waals surface area contributed by atoms with Gasteiger partial charge in [0.1, 0.15) is 17.0 Å². The van der Waals surface area contributed by atoms with E-state index >= 15 is 0 Å². The molecule has 2 heterocycles. The van der Waals surface area contributed by atoms with Gasteiger partial charge in [-0.1, -0.05) is 11.6 Å². The Labute approximate surface area is 111 Å². The molecule has 1 aliphatic rings. The molecule has 6 heteroatoms. The molecule has 5 nitrogen and oxygen atoms in total. The van der Waals surface area contributed by atoms with Crippen LogP contribution in [0.25, 0.3) is 0 Å². The third-order valence-electron chi connectivity index (χ3n) is 3.05. The molecular formula is C12H16ClN3O2. The minimum absolute atomic E-state index is 0.183. The number of likely N-dealkylation sites (tertiary alicyclic amines) is 1. The van der Waals surface area contributed by atoms with Crippen LogP contribution in [0.3, 0.4) is 0 Å².